The first-order valence-electron chi connectivity index (χ1n) is 5.52. The highest BCUT2D eigenvalue weighted by molar-refractivity contribution is 5.00. The summed E-state index contributed by atoms with van der Waals surface area (Å²) in [6.07, 6.45) is 3.20. The Labute approximate surface area is 91.6 Å². The van der Waals surface area contributed by atoms with Crippen molar-refractivity contribution in [1.29, 1.82) is 0 Å². The van der Waals surface area contributed by atoms with Gasteiger partial charge in [-0.25, -0.2) is 0 Å². The van der Waals surface area contributed by atoms with Crippen LogP contribution in [0.5, 0.6) is 0 Å². The molecule has 0 amide bonds. The van der Waals surface area contributed by atoms with Crippen molar-refractivity contribution in [2.45, 2.75) is 39.5 Å². The Balaban J connectivity index is 2.45. The lowest BCUT2D eigenvalue weighted by Gasteiger charge is -2.12. The summed E-state index contributed by atoms with van der Waals surface area (Å²) in [5.41, 5.74) is 1.22. The fourth-order valence-corrected chi connectivity index (χ4v) is 1.39. The van der Waals surface area contributed by atoms with Crippen molar-refractivity contribution in [2.24, 2.45) is 0 Å². The molecule has 0 saturated carbocycles. The standard InChI is InChI=1S/C11H21N3O/c1-4-6-12-8-11-5-7-13-14(11)9-10(2)15-3/h5,7,10,12H,4,6,8-9H2,1-3H3. The zero-order valence-electron chi connectivity index (χ0n) is 9.86. The van der Waals surface area contributed by atoms with E-state index in [1.165, 1.54) is 5.69 Å². The molecule has 0 aliphatic carbocycles. The van der Waals surface area contributed by atoms with Gasteiger partial charge in [-0.1, -0.05) is 6.92 Å². The third-order valence-electron chi connectivity index (χ3n) is 2.37. The molecule has 1 N–H and O–H groups in total. The molecule has 0 aliphatic rings. The van der Waals surface area contributed by atoms with E-state index in [-0.39, 0.29) is 6.10 Å². The van der Waals surface area contributed by atoms with Crippen molar-refractivity contribution in [1.82, 2.24) is 15.1 Å². The van der Waals surface area contributed by atoms with Crippen molar-refractivity contribution in [3.05, 3.63) is 18.0 Å². The molecule has 86 valence electrons. The van der Waals surface area contributed by atoms with Gasteiger partial charge in [0.05, 0.1) is 18.3 Å². The maximum atomic E-state index is 5.22. The quantitative estimate of drug-likeness (QED) is 0.693. The first kappa shape index (κ1) is 12.2. The molecule has 1 heterocycles. The lowest BCUT2D eigenvalue weighted by molar-refractivity contribution is 0.0988. The second kappa shape index (κ2) is 6.58. The van der Waals surface area contributed by atoms with E-state index < -0.39 is 0 Å². The predicted octanol–water partition coefficient (Wildman–Crippen LogP) is 1.42. The molecule has 1 unspecified atom stereocenters. The Bertz CT molecular complexity index is 273. The summed E-state index contributed by atoms with van der Waals surface area (Å²) in [6, 6.07) is 2.05. The van der Waals surface area contributed by atoms with Crippen LogP contribution in [0.4, 0.5) is 0 Å². The van der Waals surface area contributed by atoms with Crippen LogP contribution in [0.15, 0.2) is 12.3 Å². The normalized spacial score (nSPS) is 13.0. The van der Waals surface area contributed by atoms with E-state index >= 15 is 0 Å². The first-order valence-corrected chi connectivity index (χ1v) is 5.52. The molecular formula is C11H21N3O. The number of aromatic nitrogens is 2. The van der Waals surface area contributed by atoms with Crippen LogP contribution in [0, 0.1) is 0 Å². The Morgan fingerprint density at radius 1 is 1.60 bits per heavy atom. The number of hydrogen-bond donors (Lipinski definition) is 1. The van der Waals surface area contributed by atoms with Crippen LogP contribution < -0.4 is 5.32 Å². The van der Waals surface area contributed by atoms with Gasteiger partial charge in [0.15, 0.2) is 0 Å². The number of methoxy groups -OCH3 is 1. The molecule has 0 saturated heterocycles. The Morgan fingerprint density at radius 2 is 2.40 bits per heavy atom. The molecule has 4 nitrogen and oxygen atoms in total. The van der Waals surface area contributed by atoms with Gasteiger partial charge in [-0.2, -0.15) is 5.10 Å². The van der Waals surface area contributed by atoms with E-state index in [0.29, 0.717) is 0 Å². The molecule has 15 heavy (non-hydrogen) atoms. The minimum atomic E-state index is 0.204. The highest BCUT2D eigenvalue weighted by atomic mass is 16.5. The van der Waals surface area contributed by atoms with Crippen LogP contribution in [0.1, 0.15) is 26.0 Å². The van der Waals surface area contributed by atoms with Gasteiger partial charge < -0.3 is 10.1 Å². The van der Waals surface area contributed by atoms with Crippen molar-refractivity contribution in [3.8, 4) is 0 Å². The lowest BCUT2D eigenvalue weighted by atomic mass is 10.3. The van der Waals surface area contributed by atoms with Crippen molar-refractivity contribution >= 4 is 0 Å². The molecule has 1 atom stereocenters. The van der Waals surface area contributed by atoms with Gasteiger partial charge in [0.25, 0.3) is 0 Å². The van der Waals surface area contributed by atoms with E-state index in [9.17, 15) is 0 Å². The van der Waals surface area contributed by atoms with Crippen LogP contribution in [0.25, 0.3) is 0 Å². The zero-order valence-corrected chi connectivity index (χ0v) is 9.86. The van der Waals surface area contributed by atoms with Crippen molar-refractivity contribution < 1.29 is 4.74 Å². The first-order chi connectivity index (χ1) is 7.27. The Kier molecular flexibility index (Phi) is 5.36. The summed E-state index contributed by atoms with van der Waals surface area (Å²) in [6.45, 7) is 6.95. The van der Waals surface area contributed by atoms with Crippen LogP contribution in [0.3, 0.4) is 0 Å². The van der Waals surface area contributed by atoms with E-state index in [1.807, 2.05) is 23.9 Å². The summed E-state index contributed by atoms with van der Waals surface area (Å²) in [4.78, 5) is 0. The lowest BCUT2D eigenvalue weighted by Crippen LogP contribution is -2.21. The predicted molar refractivity (Wildman–Crippen MR) is 60.7 cm³/mol. The molecule has 1 aromatic heterocycles. The number of nitrogens with one attached hydrogen (secondary N) is 1. The van der Waals surface area contributed by atoms with Gasteiger partial charge in [-0.05, 0) is 26.0 Å². The molecule has 0 aromatic carbocycles. The fourth-order valence-electron chi connectivity index (χ4n) is 1.39. The third-order valence-corrected chi connectivity index (χ3v) is 2.37. The van der Waals surface area contributed by atoms with E-state index in [2.05, 4.69) is 17.3 Å². The Morgan fingerprint density at radius 3 is 3.07 bits per heavy atom. The second-order valence-corrected chi connectivity index (χ2v) is 3.73. The molecule has 0 aliphatic heterocycles. The van der Waals surface area contributed by atoms with Gasteiger partial charge in [0, 0.05) is 19.9 Å². The number of hydrogen-bond acceptors (Lipinski definition) is 3. The summed E-state index contributed by atoms with van der Waals surface area (Å²) >= 11 is 0. The van der Waals surface area contributed by atoms with Gasteiger partial charge in [0.2, 0.25) is 0 Å². The van der Waals surface area contributed by atoms with Crippen molar-refractivity contribution in [2.75, 3.05) is 13.7 Å². The number of ether oxygens (including phenoxy) is 1. The van der Waals surface area contributed by atoms with Crippen LogP contribution in [-0.4, -0.2) is 29.5 Å². The highest BCUT2D eigenvalue weighted by Crippen LogP contribution is 2.01. The van der Waals surface area contributed by atoms with Crippen LogP contribution >= 0.6 is 0 Å². The molecule has 1 rings (SSSR count). The van der Waals surface area contributed by atoms with Crippen LogP contribution in [-0.2, 0) is 17.8 Å². The summed E-state index contributed by atoms with van der Waals surface area (Å²) in [5, 5.41) is 7.65. The third kappa shape index (κ3) is 4.01. The minimum Gasteiger partial charge on any atom is -0.380 e. The average molecular weight is 211 g/mol. The summed E-state index contributed by atoms with van der Waals surface area (Å²) in [5.74, 6) is 0. The molecular weight excluding hydrogens is 190 g/mol. The zero-order chi connectivity index (χ0) is 11.1. The van der Waals surface area contributed by atoms with Crippen LogP contribution in [0.2, 0.25) is 0 Å². The molecule has 4 heteroatoms. The number of nitrogens with zero attached hydrogens (tertiary/aromatic N) is 2. The average Bonchev–Trinajstić information content (AvgIpc) is 2.66. The fraction of sp³-hybridized carbons (Fsp3) is 0.727. The Hall–Kier alpha value is -0.870. The topological polar surface area (TPSA) is 39.1 Å². The smallest absolute Gasteiger partial charge is 0.0739 e. The second-order valence-electron chi connectivity index (χ2n) is 3.73. The SMILES string of the molecule is CCCNCc1ccnn1CC(C)OC. The van der Waals surface area contributed by atoms with E-state index in [0.717, 1.165) is 26.1 Å². The largest absolute Gasteiger partial charge is 0.380 e. The van der Waals surface area contributed by atoms with Gasteiger partial charge in [-0.3, -0.25) is 4.68 Å². The van der Waals surface area contributed by atoms with Crippen molar-refractivity contribution in [3.63, 3.8) is 0 Å². The van der Waals surface area contributed by atoms with E-state index in [4.69, 9.17) is 4.74 Å². The molecule has 0 fully saturated rings. The maximum Gasteiger partial charge on any atom is 0.0739 e. The van der Waals surface area contributed by atoms with Gasteiger partial charge >= 0.3 is 0 Å². The minimum absolute atomic E-state index is 0.204. The summed E-state index contributed by atoms with van der Waals surface area (Å²) in [7, 11) is 1.73. The van der Waals surface area contributed by atoms with E-state index in [1.54, 1.807) is 7.11 Å². The monoisotopic (exact) mass is 211 g/mol. The van der Waals surface area contributed by atoms with Gasteiger partial charge in [0.1, 0.15) is 0 Å². The molecule has 1 aromatic rings. The highest BCUT2D eigenvalue weighted by Gasteiger charge is 2.05. The maximum absolute atomic E-state index is 5.22. The summed E-state index contributed by atoms with van der Waals surface area (Å²) < 4.78 is 7.22. The molecule has 0 bridgehead atoms. The molecule has 0 spiro atoms. The van der Waals surface area contributed by atoms with Gasteiger partial charge in [-0.15, -0.1) is 0 Å². The molecule has 0 radical (unpaired) electrons. The number of rotatable bonds is 7.